The molecular weight excluding hydrogens is 212 g/mol. The zero-order chi connectivity index (χ0) is 12.3. The van der Waals surface area contributed by atoms with E-state index in [0.29, 0.717) is 0 Å². The molecule has 1 aliphatic rings. The van der Waals surface area contributed by atoms with Crippen LogP contribution in [0.25, 0.3) is 0 Å². The monoisotopic (exact) mass is 234 g/mol. The van der Waals surface area contributed by atoms with Gasteiger partial charge in [0.25, 0.3) is 0 Å². The molecule has 0 bridgehead atoms. The van der Waals surface area contributed by atoms with Crippen molar-refractivity contribution in [1.82, 2.24) is 9.80 Å². The van der Waals surface area contributed by atoms with Gasteiger partial charge in [0.2, 0.25) is 0 Å². The molecule has 0 spiro atoms. The summed E-state index contributed by atoms with van der Waals surface area (Å²) in [6.45, 7) is 6.10. The molecule has 1 N–H and O–H groups in total. The normalized spacial score (nSPS) is 22.3. The first-order valence-corrected chi connectivity index (χ1v) is 6.34. The van der Waals surface area contributed by atoms with E-state index >= 15 is 0 Å². The van der Waals surface area contributed by atoms with E-state index in [1.165, 1.54) is 5.56 Å². The number of nitrogens with zero attached hydrogens (tertiary/aromatic N) is 2. The topological polar surface area (TPSA) is 26.7 Å². The molecule has 2 atom stereocenters. The van der Waals surface area contributed by atoms with E-state index in [-0.39, 0.29) is 12.1 Å². The second-order valence-corrected chi connectivity index (χ2v) is 4.94. The summed E-state index contributed by atoms with van der Waals surface area (Å²) in [6, 6.07) is 10.4. The molecule has 1 aromatic carbocycles. The zero-order valence-corrected chi connectivity index (χ0v) is 10.7. The van der Waals surface area contributed by atoms with Gasteiger partial charge in [-0.3, -0.25) is 4.90 Å². The van der Waals surface area contributed by atoms with Gasteiger partial charge in [0, 0.05) is 26.2 Å². The van der Waals surface area contributed by atoms with Gasteiger partial charge in [0.15, 0.2) is 0 Å². The highest BCUT2D eigenvalue weighted by Gasteiger charge is 2.27. The van der Waals surface area contributed by atoms with E-state index in [1.807, 2.05) is 25.1 Å². The van der Waals surface area contributed by atoms with Crippen LogP contribution in [0.5, 0.6) is 0 Å². The lowest BCUT2D eigenvalue weighted by Crippen LogP contribution is -2.48. The summed E-state index contributed by atoms with van der Waals surface area (Å²) in [7, 11) is 2.15. The van der Waals surface area contributed by atoms with Crippen LogP contribution in [0.15, 0.2) is 30.3 Å². The van der Waals surface area contributed by atoms with Crippen LogP contribution < -0.4 is 0 Å². The Labute approximate surface area is 104 Å². The maximum atomic E-state index is 10.0. The molecule has 0 saturated carbocycles. The summed E-state index contributed by atoms with van der Waals surface area (Å²) in [4.78, 5) is 4.72. The smallest absolute Gasteiger partial charge is 0.0708 e. The molecule has 0 aromatic heterocycles. The zero-order valence-electron chi connectivity index (χ0n) is 10.7. The van der Waals surface area contributed by atoms with Crippen LogP contribution in [0.4, 0.5) is 0 Å². The molecule has 3 heteroatoms. The van der Waals surface area contributed by atoms with Crippen LogP contribution >= 0.6 is 0 Å². The largest absolute Gasteiger partial charge is 0.391 e. The van der Waals surface area contributed by atoms with Crippen LogP contribution in [0.2, 0.25) is 0 Å². The lowest BCUT2D eigenvalue weighted by Gasteiger charge is -2.39. The number of likely N-dealkylation sites (N-methyl/N-ethyl adjacent to an activating group) is 1. The van der Waals surface area contributed by atoms with Crippen molar-refractivity contribution in [1.29, 1.82) is 0 Å². The summed E-state index contributed by atoms with van der Waals surface area (Å²) in [6.07, 6.45) is -0.333. The average Bonchev–Trinajstić information content (AvgIpc) is 2.33. The molecule has 17 heavy (non-hydrogen) atoms. The van der Waals surface area contributed by atoms with Gasteiger partial charge in [-0.1, -0.05) is 30.3 Å². The summed E-state index contributed by atoms with van der Waals surface area (Å²) in [5.74, 6) is 0. The Morgan fingerprint density at radius 1 is 1.06 bits per heavy atom. The number of benzene rings is 1. The van der Waals surface area contributed by atoms with Crippen molar-refractivity contribution < 1.29 is 5.11 Å². The minimum atomic E-state index is -0.333. The maximum absolute atomic E-state index is 10.0. The summed E-state index contributed by atoms with van der Waals surface area (Å²) < 4.78 is 0. The van der Waals surface area contributed by atoms with Crippen molar-refractivity contribution in [2.24, 2.45) is 0 Å². The molecule has 2 rings (SSSR count). The third-order valence-corrected chi connectivity index (χ3v) is 3.53. The van der Waals surface area contributed by atoms with Crippen molar-refractivity contribution in [2.45, 2.75) is 19.1 Å². The number of rotatable bonds is 3. The molecule has 0 aliphatic carbocycles. The number of hydrogen-bond donors (Lipinski definition) is 1. The fraction of sp³-hybridized carbons (Fsp3) is 0.571. The Kier molecular flexibility index (Phi) is 4.15. The molecule has 0 radical (unpaired) electrons. The van der Waals surface area contributed by atoms with Crippen molar-refractivity contribution >= 4 is 0 Å². The van der Waals surface area contributed by atoms with Gasteiger partial charge < -0.3 is 10.0 Å². The Morgan fingerprint density at radius 3 is 2.18 bits per heavy atom. The van der Waals surface area contributed by atoms with Crippen LogP contribution in [0.1, 0.15) is 18.5 Å². The van der Waals surface area contributed by atoms with Gasteiger partial charge in [-0.25, -0.2) is 0 Å². The Bertz CT molecular complexity index is 331. The third kappa shape index (κ3) is 3.06. The van der Waals surface area contributed by atoms with Crippen molar-refractivity contribution in [3.63, 3.8) is 0 Å². The molecule has 1 aliphatic heterocycles. The number of piperazine rings is 1. The lowest BCUT2D eigenvalue weighted by molar-refractivity contribution is 0.0316. The number of aliphatic hydroxyl groups is 1. The molecule has 3 nitrogen and oxygen atoms in total. The maximum Gasteiger partial charge on any atom is 0.0708 e. The molecule has 1 saturated heterocycles. The van der Waals surface area contributed by atoms with Crippen LogP contribution in [0.3, 0.4) is 0 Å². The van der Waals surface area contributed by atoms with Gasteiger partial charge in [-0.05, 0) is 19.5 Å². The second-order valence-electron chi connectivity index (χ2n) is 4.94. The van der Waals surface area contributed by atoms with E-state index in [1.54, 1.807) is 0 Å². The molecular formula is C14H22N2O. The quantitative estimate of drug-likeness (QED) is 0.855. The predicted molar refractivity (Wildman–Crippen MR) is 69.9 cm³/mol. The van der Waals surface area contributed by atoms with E-state index in [0.717, 1.165) is 26.2 Å². The van der Waals surface area contributed by atoms with Crippen LogP contribution in [0, 0.1) is 0 Å². The van der Waals surface area contributed by atoms with E-state index in [9.17, 15) is 5.11 Å². The molecule has 0 unspecified atom stereocenters. The molecule has 1 heterocycles. The minimum absolute atomic E-state index is 0.130. The van der Waals surface area contributed by atoms with E-state index < -0.39 is 0 Å². The van der Waals surface area contributed by atoms with E-state index in [2.05, 4.69) is 29.0 Å². The fourth-order valence-corrected chi connectivity index (χ4v) is 2.54. The Morgan fingerprint density at radius 2 is 1.65 bits per heavy atom. The fourth-order valence-electron chi connectivity index (χ4n) is 2.54. The van der Waals surface area contributed by atoms with Gasteiger partial charge in [-0.15, -0.1) is 0 Å². The van der Waals surface area contributed by atoms with Crippen LogP contribution in [-0.2, 0) is 0 Å². The molecule has 1 aromatic rings. The summed E-state index contributed by atoms with van der Waals surface area (Å²) in [5.41, 5.74) is 1.21. The van der Waals surface area contributed by atoms with E-state index in [4.69, 9.17) is 0 Å². The van der Waals surface area contributed by atoms with Crippen LogP contribution in [-0.4, -0.2) is 54.2 Å². The highest BCUT2D eigenvalue weighted by Crippen LogP contribution is 2.25. The van der Waals surface area contributed by atoms with Gasteiger partial charge in [0.1, 0.15) is 0 Å². The first-order chi connectivity index (χ1) is 8.18. The second kappa shape index (κ2) is 5.63. The first-order valence-electron chi connectivity index (χ1n) is 6.34. The molecule has 0 amide bonds. The first kappa shape index (κ1) is 12.6. The van der Waals surface area contributed by atoms with Crippen molar-refractivity contribution in [2.75, 3.05) is 33.2 Å². The Hall–Kier alpha value is -0.900. The molecule has 94 valence electrons. The predicted octanol–water partition coefficient (Wildman–Crippen LogP) is 1.36. The lowest BCUT2D eigenvalue weighted by atomic mass is 10.00. The van der Waals surface area contributed by atoms with Crippen molar-refractivity contribution in [3.8, 4) is 0 Å². The number of hydrogen-bond acceptors (Lipinski definition) is 3. The average molecular weight is 234 g/mol. The van der Waals surface area contributed by atoms with Gasteiger partial charge in [-0.2, -0.15) is 0 Å². The Balaban J connectivity index is 2.13. The van der Waals surface area contributed by atoms with Crippen molar-refractivity contribution in [3.05, 3.63) is 35.9 Å². The SMILES string of the molecule is C[C@H](O)[C@@H](c1ccccc1)N1CCN(C)CC1. The number of aliphatic hydroxyl groups excluding tert-OH is 1. The highest BCUT2D eigenvalue weighted by atomic mass is 16.3. The van der Waals surface area contributed by atoms with Gasteiger partial charge >= 0.3 is 0 Å². The van der Waals surface area contributed by atoms with Gasteiger partial charge in [0.05, 0.1) is 12.1 Å². The highest BCUT2D eigenvalue weighted by molar-refractivity contribution is 5.20. The summed E-state index contributed by atoms with van der Waals surface area (Å²) >= 11 is 0. The summed E-state index contributed by atoms with van der Waals surface area (Å²) in [5, 5.41) is 10.0. The standard InChI is InChI=1S/C14H22N2O/c1-12(17)14(13-6-4-3-5-7-13)16-10-8-15(2)9-11-16/h3-7,12,14,17H,8-11H2,1-2H3/t12-,14-/m0/s1. The molecule has 1 fully saturated rings. The third-order valence-electron chi connectivity index (χ3n) is 3.53. The minimum Gasteiger partial charge on any atom is -0.391 e.